The Morgan fingerprint density at radius 1 is 1.44 bits per heavy atom. The maximum absolute atomic E-state index is 11.7. The molecule has 2 aromatic rings. The summed E-state index contributed by atoms with van der Waals surface area (Å²) in [6.07, 6.45) is 2.90. The zero-order valence-electron chi connectivity index (χ0n) is 9.41. The molecule has 3 rings (SSSR count). The molecule has 1 amide bonds. The van der Waals surface area contributed by atoms with Crippen LogP contribution in [0.5, 0.6) is 5.75 Å². The molecule has 1 atom stereocenters. The molecule has 1 aromatic heterocycles. The van der Waals surface area contributed by atoms with Gasteiger partial charge in [-0.05, 0) is 12.1 Å². The van der Waals surface area contributed by atoms with Gasteiger partial charge in [0.2, 0.25) is 0 Å². The predicted molar refractivity (Wildman–Crippen MR) is 66.8 cm³/mol. The van der Waals surface area contributed by atoms with E-state index in [0.29, 0.717) is 10.8 Å². The number of benzene rings is 1. The molecule has 1 aromatic carbocycles. The van der Waals surface area contributed by atoms with E-state index >= 15 is 0 Å². The summed E-state index contributed by atoms with van der Waals surface area (Å²) < 4.78 is 20.7. The van der Waals surface area contributed by atoms with Gasteiger partial charge in [-0.1, -0.05) is 6.07 Å². The molecule has 0 aliphatic carbocycles. The average Bonchev–Trinajstić information content (AvgIpc) is 2.91. The van der Waals surface area contributed by atoms with Gasteiger partial charge in [-0.25, -0.2) is 8.89 Å². The second-order valence-corrected chi connectivity index (χ2v) is 4.83. The second-order valence-electron chi connectivity index (χ2n) is 3.67. The highest BCUT2D eigenvalue weighted by atomic mass is 32.2. The number of carbonyl (C=O) groups excluding carboxylic acids is 1. The van der Waals surface area contributed by atoms with E-state index in [0.717, 1.165) is 10.9 Å². The highest BCUT2D eigenvalue weighted by molar-refractivity contribution is 7.93. The van der Waals surface area contributed by atoms with Gasteiger partial charge in [0.05, 0.1) is 24.2 Å². The SMILES string of the molecule is COc1cccc2c1cnn2C1=CC(=O)NS1=O. The van der Waals surface area contributed by atoms with Gasteiger partial charge in [-0.2, -0.15) is 5.10 Å². The first-order valence-corrected chi connectivity index (χ1v) is 6.31. The smallest absolute Gasteiger partial charge is 0.258 e. The van der Waals surface area contributed by atoms with Crippen molar-refractivity contribution in [3.05, 3.63) is 30.5 Å². The van der Waals surface area contributed by atoms with Gasteiger partial charge in [0.1, 0.15) is 5.75 Å². The third-order valence-corrected chi connectivity index (χ3v) is 3.70. The number of ether oxygens (including phenoxy) is 1. The molecule has 1 aliphatic heterocycles. The van der Waals surface area contributed by atoms with Gasteiger partial charge < -0.3 is 4.74 Å². The van der Waals surface area contributed by atoms with Crippen LogP contribution in [-0.2, 0) is 15.8 Å². The fraction of sp³-hybridized carbons (Fsp3) is 0.0909. The molecular formula is C11H9N3O3S. The lowest BCUT2D eigenvalue weighted by molar-refractivity contribution is -0.114. The first-order valence-electron chi connectivity index (χ1n) is 5.16. The van der Waals surface area contributed by atoms with Crippen molar-refractivity contribution >= 4 is 32.8 Å². The third-order valence-electron chi connectivity index (χ3n) is 2.64. The maximum Gasteiger partial charge on any atom is 0.258 e. The minimum atomic E-state index is -1.56. The highest BCUT2D eigenvalue weighted by Gasteiger charge is 2.23. The van der Waals surface area contributed by atoms with Crippen LogP contribution in [0.25, 0.3) is 15.9 Å². The van der Waals surface area contributed by atoms with E-state index in [4.69, 9.17) is 4.74 Å². The van der Waals surface area contributed by atoms with Crippen molar-refractivity contribution in [2.75, 3.05) is 7.11 Å². The van der Waals surface area contributed by atoms with Crippen molar-refractivity contribution in [3.8, 4) is 5.75 Å². The van der Waals surface area contributed by atoms with Crippen molar-refractivity contribution in [1.29, 1.82) is 0 Å². The minimum Gasteiger partial charge on any atom is -0.496 e. The van der Waals surface area contributed by atoms with Crippen LogP contribution in [0.4, 0.5) is 0 Å². The van der Waals surface area contributed by atoms with Gasteiger partial charge >= 0.3 is 0 Å². The topological polar surface area (TPSA) is 73.2 Å². The van der Waals surface area contributed by atoms with Crippen molar-refractivity contribution in [2.24, 2.45) is 0 Å². The number of hydrogen-bond acceptors (Lipinski definition) is 4. The Labute approximate surface area is 105 Å². The Kier molecular flexibility index (Phi) is 2.41. The van der Waals surface area contributed by atoms with Crippen molar-refractivity contribution in [3.63, 3.8) is 0 Å². The molecule has 0 fully saturated rings. The lowest BCUT2D eigenvalue weighted by Crippen LogP contribution is -2.17. The molecule has 1 N–H and O–H groups in total. The highest BCUT2D eigenvalue weighted by Crippen LogP contribution is 2.27. The van der Waals surface area contributed by atoms with Gasteiger partial charge in [0.25, 0.3) is 5.91 Å². The number of rotatable bonds is 2. The van der Waals surface area contributed by atoms with Crippen molar-refractivity contribution < 1.29 is 13.7 Å². The first kappa shape index (κ1) is 11.0. The molecule has 7 heteroatoms. The fourth-order valence-corrected chi connectivity index (χ4v) is 2.72. The molecule has 0 saturated carbocycles. The number of fused-ring (bicyclic) bond motifs is 1. The lowest BCUT2D eigenvalue weighted by atomic mass is 10.2. The second kappa shape index (κ2) is 3.95. The standard InChI is InChI=1S/C11H9N3O3S/c1-17-9-4-2-3-8-7(9)6-12-14(8)11-5-10(15)13-18(11)16/h2-6H,1H3,(H,13,15). The zero-order chi connectivity index (χ0) is 12.7. The Hall–Kier alpha value is -2.15. The molecule has 0 radical (unpaired) electrons. The van der Waals surface area contributed by atoms with Crippen LogP contribution in [0.2, 0.25) is 0 Å². The van der Waals surface area contributed by atoms with Crippen molar-refractivity contribution in [1.82, 2.24) is 14.5 Å². The zero-order valence-corrected chi connectivity index (χ0v) is 10.2. The summed E-state index contributed by atoms with van der Waals surface area (Å²) in [5.41, 5.74) is 0.741. The number of carbonyl (C=O) groups is 1. The van der Waals surface area contributed by atoms with Gasteiger partial charge in [-0.15, -0.1) is 0 Å². The van der Waals surface area contributed by atoms with Crippen LogP contribution in [0.15, 0.2) is 30.5 Å². The first-order chi connectivity index (χ1) is 8.70. The van der Waals surface area contributed by atoms with Crippen molar-refractivity contribution in [2.45, 2.75) is 0 Å². The Bertz CT molecular complexity index is 705. The summed E-state index contributed by atoms with van der Waals surface area (Å²) in [6, 6.07) is 5.45. The molecule has 92 valence electrons. The quantitative estimate of drug-likeness (QED) is 0.862. The Balaban J connectivity index is 2.23. The molecule has 0 bridgehead atoms. The van der Waals surface area contributed by atoms with E-state index in [-0.39, 0.29) is 5.91 Å². The lowest BCUT2D eigenvalue weighted by Gasteiger charge is -2.04. The Morgan fingerprint density at radius 2 is 2.28 bits per heavy atom. The van der Waals surface area contributed by atoms with Gasteiger partial charge in [0.15, 0.2) is 16.0 Å². The van der Waals surface area contributed by atoms with Crippen LogP contribution < -0.4 is 9.46 Å². The van der Waals surface area contributed by atoms with E-state index in [9.17, 15) is 9.00 Å². The van der Waals surface area contributed by atoms with E-state index in [1.807, 2.05) is 18.2 Å². The average molecular weight is 263 g/mol. The van der Waals surface area contributed by atoms with E-state index < -0.39 is 11.0 Å². The predicted octanol–water partition coefficient (Wildman–Crippen LogP) is 0.637. The Morgan fingerprint density at radius 3 is 2.94 bits per heavy atom. The van der Waals surface area contributed by atoms with Crippen LogP contribution >= 0.6 is 0 Å². The van der Waals surface area contributed by atoms with E-state index in [2.05, 4.69) is 9.82 Å². The van der Waals surface area contributed by atoms with E-state index in [1.165, 1.54) is 10.8 Å². The summed E-state index contributed by atoms with van der Waals surface area (Å²) in [4.78, 5) is 11.2. The van der Waals surface area contributed by atoms with Crippen LogP contribution in [0.3, 0.4) is 0 Å². The monoisotopic (exact) mass is 263 g/mol. The minimum absolute atomic E-state index is 0.322. The van der Waals surface area contributed by atoms with Gasteiger partial charge in [0, 0.05) is 6.08 Å². The summed E-state index contributed by atoms with van der Waals surface area (Å²) in [6.45, 7) is 0. The number of methoxy groups -OCH3 is 1. The number of amides is 1. The van der Waals surface area contributed by atoms with Gasteiger partial charge in [-0.3, -0.25) is 9.52 Å². The summed E-state index contributed by atoms with van der Waals surface area (Å²) in [5, 5.41) is 5.28. The summed E-state index contributed by atoms with van der Waals surface area (Å²) >= 11 is 0. The van der Waals surface area contributed by atoms with E-state index in [1.54, 1.807) is 13.3 Å². The van der Waals surface area contributed by atoms with Crippen LogP contribution in [0, 0.1) is 0 Å². The molecule has 6 nitrogen and oxygen atoms in total. The molecule has 0 saturated heterocycles. The molecule has 1 unspecified atom stereocenters. The molecule has 1 aliphatic rings. The normalized spacial score (nSPS) is 18.8. The molecule has 0 spiro atoms. The molecular weight excluding hydrogens is 254 g/mol. The third kappa shape index (κ3) is 1.52. The summed E-state index contributed by atoms with van der Waals surface area (Å²) in [5.74, 6) is 0.303. The number of nitrogens with one attached hydrogen (secondary N) is 1. The number of hydrogen-bond donors (Lipinski definition) is 1. The van der Waals surface area contributed by atoms with Crippen LogP contribution in [0.1, 0.15) is 0 Å². The maximum atomic E-state index is 11.7. The largest absolute Gasteiger partial charge is 0.496 e. The summed E-state index contributed by atoms with van der Waals surface area (Å²) in [7, 11) is 0.0101. The molecule has 18 heavy (non-hydrogen) atoms. The number of nitrogens with zero attached hydrogens (tertiary/aromatic N) is 2. The fourth-order valence-electron chi connectivity index (χ4n) is 1.86. The number of aromatic nitrogens is 2. The molecule has 2 heterocycles. The van der Waals surface area contributed by atoms with Crippen LogP contribution in [-0.4, -0.2) is 27.0 Å².